The van der Waals surface area contributed by atoms with E-state index in [4.69, 9.17) is 0 Å². The van der Waals surface area contributed by atoms with Gasteiger partial charge in [0, 0.05) is 0 Å². The fraction of sp³-hybridized carbons (Fsp3) is 0.333. The van der Waals surface area contributed by atoms with E-state index in [1.54, 1.807) is 6.07 Å². The second kappa shape index (κ2) is 4.67. The highest BCUT2D eigenvalue weighted by Crippen LogP contribution is 2.20. The van der Waals surface area contributed by atoms with Gasteiger partial charge in [0.2, 0.25) is 0 Å². The van der Waals surface area contributed by atoms with Crippen molar-refractivity contribution in [1.82, 2.24) is 5.32 Å². The third kappa shape index (κ3) is 2.74. The van der Waals surface area contributed by atoms with Crippen LogP contribution < -0.4 is 5.32 Å². The van der Waals surface area contributed by atoms with Gasteiger partial charge in [0.25, 0.3) is 0 Å². The van der Waals surface area contributed by atoms with Crippen LogP contribution in [-0.4, -0.2) is 13.6 Å². The van der Waals surface area contributed by atoms with Crippen molar-refractivity contribution in [3.63, 3.8) is 0 Å². The van der Waals surface area contributed by atoms with E-state index < -0.39 is 11.6 Å². The summed E-state index contributed by atoms with van der Waals surface area (Å²) in [7, 11) is 1.81. The first-order valence-electron chi connectivity index (χ1n) is 3.93. The van der Waals surface area contributed by atoms with E-state index in [1.165, 1.54) is 6.07 Å². The Morgan fingerprint density at radius 2 is 2.08 bits per heavy atom. The summed E-state index contributed by atoms with van der Waals surface area (Å²) >= 11 is 2.95. The molecule has 0 aromatic heterocycles. The first-order valence-corrected chi connectivity index (χ1v) is 4.72. The van der Waals surface area contributed by atoms with Crippen LogP contribution in [0.2, 0.25) is 0 Å². The molecule has 0 saturated carbocycles. The van der Waals surface area contributed by atoms with Crippen molar-refractivity contribution in [2.75, 3.05) is 13.6 Å². The molecule has 0 bridgehead atoms. The van der Waals surface area contributed by atoms with Gasteiger partial charge in [-0.2, -0.15) is 0 Å². The maximum absolute atomic E-state index is 12.8. The number of nitrogens with one attached hydrogen (secondary N) is 1. The average Bonchev–Trinajstić information content (AvgIpc) is 2.10. The normalized spacial score (nSPS) is 10.5. The number of rotatable bonds is 3. The van der Waals surface area contributed by atoms with Crippen LogP contribution in [0.3, 0.4) is 0 Å². The molecule has 1 nitrogen and oxygen atoms in total. The predicted molar refractivity (Wildman–Crippen MR) is 51.7 cm³/mol. The second-order valence-corrected chi connectivity index (χ2v) is 3.58. The van der Waals surface area contributed by atoms with Crippen molar-refractivity contribution in [3.05, 3.63) is 33.8 Å². The third-order valence-corrected chi connectivity index (χ3v) is 2.28. The molecular formula is C9H10BrF2N. The molecule has 0 radical (unpaired) electrons. The number of benzene rings is 1. The molecule has 0 heterocycles. The van der Waals surface area contributed by atoms with Gasteiger partial charge in [0.1, 0.15) is 0 Å². The molecule has 72 valence electrons. The lowest BCUT2D eigenvalue weighted by atomic mass is 10.1. The smallest absolute Gasteiger partial charge is 0.172 e. The number of hydrogen-bond acceptors (Lipinski definition) is 1. The van der Waals surface area contributed by atoms with Crippen LogP contribution in [0, 0.1) is 11.6 Å². The lowest BCUT2D eigenvalue weighted by Gasteiger charge is -2.03. The molecule has 4 heteroatoms. The third-order valence-electron chi connectivity index (χ3n) is 1.71. The highest BCUT2D eigenvalue weighted by atomic mass is 79.9. The van der Waals surface area contributed by atoms with Crippen molar-refractivity contribution < 1.29 is 8.78 Å². The molecule has 13 heavy (non-hydrogen) atoms. The quantitative estimate of drug-likeness (QED) is 0.812. The maximum Gasteiger partial charge on any atom is 0.172 e. The summed E-state index contributed by atoms with van der Waals surface area (Å²) in [5.41, 5.74) is 0.778. The Balaban J connectivity index is 2.86. The maximum atomic E-state index is 12.8. The average molecular weight is 250 g/mol. The van der Waals surface area contributed by atoms with E-state index in [0.717, 1.165) is 12.1 Å². The van der Waals surface area contributed by atoms with Crippen LogP contribution in [0.15, 0.2) is 16.6 Å². The molecule has 0 spiro atoms. The first kappa shape index (κ1) is 10.6. The Bertz CT molecular complexity index is 279. The van der Waals surface area contributed by atoms with E-state index in [0.29, 0.717) is 6.42 Å². The summed E-state index contributed by atoms with van der Waals surface area (Å²) in [4.78, 5) is 0. The molecule has 0 aliphatic heterocycles. The van der Waals surface area contributed by atoms with Crippen molar-refractivity contribution in [2.45, 2.75) is 6.42 Å². The lowest BCUT2D eigenvalue weighted by molar-refractivity contribution is 0.502. The molecule has 0 amide bonds. The monoisotopic (exact) mass is 249 g/mol. The first-order chi connectivity index (χ1) is 6.15. The lowest BCUT2D eigenvalue weighted by Crippen LogP contribution is -2.10. The van der Waals surface area contributed by atoms with Gasteiger partial charge in [-0.25, -0.2) is 8.78 Å². The predicted octanol–water partition coefficient (Wildman–Crippen LogP) is 2.49. The highest BCUT2D eigenvalue weighted by Gasteiger charge is 2.07. The van der Waals surface area contributed by atoms with Gasteiger partial charge in [-0.1, -0.05) is 0 Å². The Hall–Kier alpha value is -0.480. The minimum absolute atomic E-state index is 0.179. The zero-order chi connectivity index (χ0) is 9.84. The number of likely N-dealkylation sites (N-methyl/N-ethyl adjacent to an activating group) is 1. The van der Waals surface area contributed by atoms with Crippen molar-refractivity contribution in [2.24, 2.45) is 0 Å². The van der Waals surface area contributed by atoms with E-state index in [2.05, 4.69) is 21.2 Å². The molecule has 0 saturated heterocycles. The van der Waals surface area contributed by atoms with E-state index in [-0.39, 0.29) is 4.47 Å². The van der Waals surface area contributed by atoms with Gasteiger partial charge in [-0.05, 0) is 53.6 Å². The summed E-state index contributed by atoms with van der Waals surface area (Å²) in [5, 5.41) is 2.94. The Labute approximate surface area is 84.3 Å². The van der Waals surface area contributed by atoms with Crippen LogP contribution in [-0.2, 0) is 6.42 Å². The molecule has 0 atom stereocenters. The summed E-state index contributed by atoms with van der Waals surface area (Å²) in [6.07, 6.45) is 0.687. The van der Waals surface area contributed by atoms with E-state index in [9.17, 15) is 8.78 Å². The molecule has 1 aromatic carbocycles. The Kier molecular flexibility index (Phi) is 3.81. The van der Waals surface area contributed by atoms with Crippen LogP contribution >= 0.6 is 15.9 Å². The molecule has 0 aliphatic carbocycles. The minimum Gasteiger partial charge on any atom is -0.319 e. The molecule has 1 aromatic rings. The highest BCUT2D eigenvalue weighted by molar-refractivity contribution is 9.10. The van der Waals surface area contributed by atoms with Gasteiger partial charge in [0.15, 0.2) is 11.6 Å². The number of hydrogen-bond donors (Lipinski definition) is 1. The zero-order valence-electron chi connectivity index (χ0n) is 7.20. The molecule has 0 unspecified atom stereocenters. The van der Waals surface area contributed by atoms with Crippen molar-refractivity contribution in [1.29, 1.82) is 0 Å². The topological polar surface area (TPSA) is 12.0 Å². The second-order valence-electron chi connectivity index (χ2n) is 2.73. The number of halogens is 3. The SMILES string of the molecule is CNCCc1cc(F)c(F)c(Br)c1. The van der Waals surface area contributed by atoms with Gasteiger partial charge in [0.05, 0.1) is 4.47 Å². The van der Waals surface area contributed by atoms with Gasteiger partial charge >= 0.3 is 0 Å². The standard InChI is InChI=1S/C9H10BrF2N/c1-13-3-2-6-4-7(10)9(12)8(11)5-6/h4-5,13H,2-3H2,1H3. The molecular weight excluding hydrogens is 240 g/mol. The summed E-state index contributed by atoms with van der Waals surface area (Å²) in [6, 6.07) is 2.81. The van der Waals surface area contributed by atoms with Gasteiger partial charge in [-0.15, -0.1) is 0 Å². The summed E-state index contributed by atoms with van der Waals surface area (Å²) in [6.45, 7) is 0.748. The van der Waals surface area contributed by atoms with Gasteiger partial charge < -0.3 is 5.32 Å². The fourth-order valence-corrected chi connectivity index (χ4v) is 1.51. The van der Waals surface area contributed by atoms with Crippen LogP contribution in [0.4, 0.5) is 8.78 Å². The minimum atomic E-state index is -0.826. The fourth-order valence-electron chi connectivity index (χ4n) is 1.02. The van der Waals surface area contributed by atoms with Crippen molar-refractivity contribution in [3.8, 4) is 0 Å². The Morgan fingerprint density at radius 3 is 2.62 bits per heavy atom. The molecule has 1 rings (SSSR count). The zero-order valence-corrected chi connectivity index (χ0v) is 8.79. The van der Waals surface area contributed by atoms with Crippen LogP contribution in [0.25, 0.3) is 0 Å². The Morgan fingerprint density at radius 1 is 1.38 bits per heavy atom. The largest absolute Gasteiger partial charge is 0.319 e. The van der Waals surface area contributed by atoms with Crippen LogP contribution in [0.5, 0.6) is 0 Å². The molecule has 1 N–H and O–H groups in total. The van der Waals surface area contributed by atoms with Gasteiger partial charge in [-0.3, -0.25) is 0 Å². The van der Waals surface area contributed by atoms with Crippen LogP contribution in [0.1, 0.15) is 5.56 Å². The summed E-state index contributed by atoms with van der Waals surface area (Å²) in [5.74, 6) is -1.63. The molecule has 0 fully saturated rings. The van der Waals surface area contributed by atoms with E-state index >= 15 is 0 Å². The van der Waals surface area contributed by atoms with E-state index in [1.807, 2.05) is 7.05 Å². The van der Waals surface area contributed by atoms with Crippen molar-refractivity contribution >= 4 is 15.9 Å². The molecule has 0 aliphatic rings. The summed E-state index contributed by atoms with van der Waals surface area (Å²) < 4.78 is 25.8.